The number of aryl methyl sites for hydroxylation is 1. The van der Waals surface area contributed by atoms with Gasteiger partial charge in [0.1, 0.15) is 5.69 Å². The minimum atomic E-state index is -4.39. The molecule has 1 aliphatic carbocycles. The van der Waals surface area contributed by atoms with E-state index >= 15 is 0 Å². The molecule has 0 saturated heterocycles. The van der Waals surface area contributed by atoms with Gasteiger partial charge in [0.2, 0.25) is 0 Å². The summed E-state index contributed by atoms with van der Waals surface area (Å²) < 4.78 is 40.2. The lowest BCUT2D eigenvalue weighted by atomic mass is 10.1. The molecule has 0 unspecified atom stereocenters. The molecule has 0 radical (unpaired) electrons. The van der Waals surface area contributed by atoms with E-state index in [-0.39, 0.29) is 0 Å². The normalized spacial score (nSPS) is 14.4. The van der Waals surface area contributed by atoms with Crippen LogP contribution in [-0.4, -0.2) is 30.9 Å². The molecule has 1 saturated carbocycles. The van der Waals surface area contributed by atoms with Crippen LogP contribution in [0.25, 0.3) is 22.5 Å². The number of hydrogen-bond donors (Lipinski definition) is 3. The van der Waals surface area contributed by atoms with E-state index in [1.54, 1.807) is 24.1 Å². The third kappa shape index (κ3) is 5.16. The van der Waals surface area contributed by atoms with Crippen molar-refractivity contribution in [2.45, 2.75) is 37.9 Å². The molecule has 2 aromatic heterocycles. The summed E-state index contributed by atoms with van der Waals surface area (Å²) in [5.74, 6) is 0.421. The molecule has 0 amide bonds. The predicted molar refractivity (Wildman–Crippen MR) is 119 cm³/mol. The van der Waals surface area contributed by atoms with Crippen LogP contribution in [0.4, 0.5) is 19.0 Å². The summed E-state index contributed by atoms with van der Waals surface area (Å²) in [6.07, 6.45) is 5.08. The van der Waals surface area contributed by atoms with Crippen LogP contribution >= 0.6 is 12.2 Å². The van der Waals surface area contributed by atoms with Gasteiger partial charge in [-0.15, -0.1) is 0 Å². The van der Waals surface area contributed by atoms with E-state index in [1.165, 1.54) is 31.2 Å². The Labute approximate surface area is 188 Å². The van der Waals surface area contributed by atoms with E-state index in [9.17, 15) is 13.2 Å². The van der Waals surface area contributed by atoms with Crippen molar-refractivity contribution >= 4 is 23.1 Å². The highest BCUT2D eigenvalue weighted by atomic mass is 32.1. The Morgan fingerprint density at radius 3 is 2.44 bits per heavy atom. The van der Waals surface area contributed by atoms with Crippen LogP contribution in [0.5, 0.6) is 0 Å². The number of aromatic nitrogens is 4. The topological polar surface area (TPSA) is 79.7 Å². The zero-order valence-corrected chi connectivity index (χ0v) is 18.1. The Hall–Kier alpha value is -3.21. The molecule has 7 nitrogen and oxygen atoms in total. The lowest BCUT2D eigenvalue weighted by Gasteiger charge is -2.17. The Kier molecular flexibility index (Phi) is 6.26. The first-order valence-corrected chi connectivity index (χ1v) is 10.6. The van der Waals surface area contributed by atoms with Gasteiger partial charge in [-0.05, 0) is 37.2 Å². The van der Waals surface area contributed by atoms with Gasteiger partial charge in [0.15, 0.2) is 10.9 Å². The molecule has 32 heavy (non-hydrogen) atoms. The third-order valence-corrected chi connectivity index (χ3v) is 5.46. The number of halogens is 3. The summed E-state index contributed by atoms with van der Waals surface area (Å²) in [4.78, 5) is 9.07. The molecule has 2 heterocycles. The molecular weight excluding hydrogens is 439 g/mol. The predicted octanol–water partition coefficient (Wildman–Crippen LogP) is 4.30. The first-order chi connectivity index (χ1) is 15.3. The van der Waals surface area contributed by atoms with Gasteiger partial charge in [0, 0.05) is 30.4 Å². The molecule has 0 bridgehead atoms. The molecule has 1 fully saturated rings. The summed E-state index contributed by atoms with van der Waals surface area (Å²) in [6, 6.07) is 5.18. The van der Waals surface area contributed by atoms with Crippen LogP contribution in [0.1, 0.15) is 31.2 Å². The SMILES string of the molecule is Cn1cc(-c2nc(-c3ccc(C(F)(F)F)cc3)cnc2NNC(=S)NC2CCCC2)cn1. The van der Waals surface area contributed by atoms with Crippen molar-refractivity contribution in [1.29, 1.82) is 0 Å². The molecule has 1 aromatic carbocycles. The Morgan fingerprint density at radius 2 is 1.81 bits per heavy atom. The smallest absolute Gasteiger partial charge is 0.359 e. The minimum Gasteiger partial charge on any atom is -0.359 e. The van der Waals surface area contributed by atoms with E-state index in [1.807, 2.05) is 0 Å². The van der Waals surface area contributed by atoms with Crippen molar-refractivity contribution < 1.29 is 13.2 Å². The maximum atomic E-state index is 12.9. The number of nitrogens with zero attached hydrogens (tertiary/aromatic N) is 4. The van der Waals surface area contributed by atoms with E-state index in [4.69, 9.17) is 12.2 Å². The second kappa shape index (κ2) is 9.11. The van der Waals surface area contributed by atoms with Gasteiger partial charge in [-0.2, -0.15) is 18.3 Å². The van der Waals surface area contributed by atoms with Crippen molar-refractivity contribution in [3.63, 3.8) is 0 Å². The summed E-state index contributed by atoms with van der Waals surface area (Å²) >= 11 is 5.36. The van der Waals surface area contributed by atoms with Crippen molar-refractivity contribution in [2.75, 3.05) is 5.43 Å². The van der Waals surface area contributed by atoms with Crippen LogP contribution in [0.15, 0.2) is 42.9 Å². The number of rotatable bonds is 5. The van der Waals surface area contributed by atoms with Crippen molar-refractivity contribution in [3.8, 4) is 22.5 Å². The molecule has 1 aliphatic rings. The number of thiocarbonyl (C=S) groups is 1. The first-order valence-electron chi connectivity index (χ1n) is 10.2. The number of anilines is 1. The molecule has 3 N–H and O–H groups in total. The number of benzene rings is 1. The maximum Gasteiger partial charge on any atom is 0.416 e. The minimum absolute atomic E-state index is 0.364. The van der Waals surface area contributed by atoms with Gasteiger partial charge in [0.05, 0.1) is 23.7 Å². The lowest BCUT2D eigenvalue weighted by Crippen LogP contribution is -2.43. The standard InChI is InChI=1S/C21H22F3N7S/c1-31-12-14(10-26-31)18-19(29-30-20(32)27-16-4-2-3-5-16)25-11-17(28-18)13-6-8-15(9-7-13)21(22,23)24/h6-12,16H,2-5H2,1H3,(H,25,29)(H2,27,30,32). The van der Waals surface area contributed by atoms with Gasteiger partial charge in [0.25, 0.3) is 0 Å². The highest BCUT2D eigenvalue weighted by molar-refractivity contribution is 7.80. The lowest BCUT2D eigenvalue weighted by molar-refractivity contribution is -0.137. The fourth-order valence-electron chi connectivity index (χ4n) is 3.60. The Morgan fingerprint density at radius 1 is 1.09 bits per heavy atom. The van der Waals surface area contributed by atoms with Gasteiger partial charge >= 0.3 is 6.18 Å². The molecule has 4 rings (SSSR count). The highest BCUT2D eigenvalue weighted by Gasteiger charge is 2.30. The summed E-state index contributed by atoms with van der Waals surface area (Å²) in [6.45, 7) is 0. The first kappa shape index (κ1) is 22.0. The Bertz CT molecular complexity index is 1090. The zero-order chi connectivity index (χ0) is 22.7. The molecule has 0 spiro atoms. The molecule has 168 valence electrons. The second-order valence-electron chi connectivity index (χ2n) is 7.64. The number of hydrogen-bond acceptors (Lipinski definition) is 5. The maximum absolute atomic E-state index is 12.9. The fraction of sp³-hybridized carbons (Fsp3) is 0.333. The summed E-state index contributed by atoms with van der Waals surface area (Å²) in [7, 11) is 1.78. The molecular formula is C21H22F3N7S. The van der Waals surface area contributed by atoms with Crippen LogP contribution in [0, 0.1) is 0 Å². The number of nitrogens with one attached hydrogen (secondary N) is 3. The van der Waals surface area contributed by atoms with Gasteiger partial charge in [-0.25, -0.2) is 9.97 Å². The number of alkyl halides is 3. The van der Waals surface area contributed by atoms with E-state index in [0.29, 0.717) is 39.5 Å². The quantitative estimate of drug-likeness (QED) is 0.386. The average Bonchev–Trinajstić information content (AvgIpc) is 3.43. The van der Waals surface area contributed by atoms with Gasteiger partial charge < -0.3 is 5.32 Å². The Balaban J connectivity index is 1.57. The van der Waals surface area contributed by atoms with Crippen LogP contribution in [-0.2, 0) is 13.2 Å². The average molecular weight is 462 g/mol. The largest absolute Gasteiger partial charge is 0.416 e. The van der Waals surface area contributed by atoms with Crippen LogP contribution in [0.3, 0.4) is 0 Å². The molecule has 11 heteroatoms. The van der Waals surface area contributed by atoms with Crippen LogP contribution < -0.4 is 16.2 Å². The summed E-state index contributed by atoms with van der Waals surface area (Å²) in [5.41, 5.74) is 7.37. The van der Waals surface area contributed by atoms with E-state index < -0.39 is 11.7 Å². The van der Waals surface area contributed by atoms with E-state index in [2.05, 4.69) is 31.2 Å². The van der Waals surface area contributed by atoms with Crippen molar-refractivity contribution in [1.82, 2.24) is 30.5 Å². The van der Waals surface area contributed by atoms with Crippen LogP contribution in [0.2, 0.25) is 0 Å². The second-order valence-corrected chi connectivity index (χ2v) is 8.04. The zero-order valence-electron chi connectivity index (χ0n) is 17.3. The summed E-state index contributed by atoms with van der Waals surface area (Å²) in [5, 5.41) is 7.91. The fourth-order valence-corrected chi connectivity index (χ4v) is 3.82. The number of hydrazine groups is 1. The molecule has 0 aliphatic heterocycles. The molecule has 3 aromatic rings. The van der Waals surface area contributed by atoms with E-state index in [0.717, 1.165) is 25.0 Å². The van der Waals surface area contributed by atoms with Crippen molar-refractivity contribution in [2.24, 2.45) is 7.05 Å². The van der Waals surface area contributed by atoms with Gasteiger partial charge in [-0.1, -0.05) is 25.0 Å². The van der Waals surface area contributed by atoms with Crippen molar-refractivity contribution in [3.05, 3.63) is 48.4 Å². The third-order valence-electron chi connectivity index (χ3n) is 5.24. The monoisotopic (exact) mass is 461 g/mol. The highest BCUT2D eigenvalue weighted by Crippen LogP contribution is 2.32. The van der Waals surface area contributed by atoms with Gasteiger partial charge in [-0.3, -0.25) is 15.5 Å². The molecule has 0 atom stereocenters.